The molecular formula is C19H21NO4. The lowest BCUT2D eigenvalue weighted by atomic mass is 10.0. The van der Waals surface area contributed by atoms with Gasteiger partial charge in [0.2, 0.25) is 5.91 Å². The molecule has 0 aliphatic heterocycles. The summed E-state index contributed by atoms with van der Waals surface area (Å²) < 4.78 is 5.30. The average molecular weight is 327 g/mol. The molecule has 24 heavy (non-hydrogen) atoms. The number of carboxylic acids is 1. The Balaban J connectivity index is 1.98. The summed E-state index contributed by atoms with van der Waals surface area (Å²) in [5.41, 5.74) is 1.80. The van der Waals surface area contributed by atoms with Crippen LogP contribution in [0.25, 0.3) is 0 Å². The molecule has 126 valence electrons. The monoisotopic (exact) mass is 327 g/mol. The lowest BCUT2D eigenvalue weighted by Crippen LogP contribution is -2.27. The van der Waals surface area contributed by atoms with Gasteiger partial charge in [-0.25, -0.2) is 4.79 Å². The van der Waals surface area contributed by atoms with E-state index in [-0.39, 0.29) is 23.9 Å². The van der Waals surface area contributed by atoms with E-state index in [4.69, 9.17) is 9.84 Å². The summed E-state index contributed by atoms with van der Waals surface area (Å²) in [7, 11) is 1.59. The second-order valence-corrected chi connectivity index (χ2v) is 5.49. The molecular weight excluding hydrogens is 306 g/mol. The van der Waals surface area contributed by atoms with Gasteiger partial charge in [-0.1, -0.05) is 36.4 Å². The number of aromatic carboxylic acids is 1. The van der Waals surface area contributed by atoms with Gasteiger partial charge in [0.25, 0.3) is 0 Å². The number of amides is 1. The minimum Gasteiger partial charge on any atom is -0.496 e. The number of carboxylic acid groups (broad SMARTS) is 1. The van der Waals surface area contributed by atoms with Crippen LogP contribution in [0.4, 0.5) is 0 Å². The fraction of sp³-hybridized carbons (Fsp3) is 0.263. The molecule has 0 saturated heterocycles. The van der Waals surface area contributed by atoms with Crippen molar-refractivity contribution in [1.82, 2.24) is 5.32 Å². The number of aryl methyl sites for hydroxylation is 1. The molecule has 2 aromatic rings. The lowest BCUT2D eigenvalue weighted by molar-refractivity contribution is -0.121. The highest BCUT2D eigenvalue weighted by atomic mass is 16.5. The number of ether oxygens (including phenoxy) is 1. The molecule has 5 nitrogen and oxygen atoms in total. The molecule has 1 atom stereocenters. The Kier molecular flexibility index (Phi) is 5.95. The number of carbonyl (C=O) groups excluding carboxylic acids is 1. The van der Waals surface area contributed by atoms with Gasteiger partial charge in [0.05, 0.1) is 18.7 Å². The van der Waals surface area contributed by atoms with Crippen molar-refractivity contribution in [2.24, 2.45) is 0 Å². The van der Waals surface area contributed by atoms with E-state index in [1.807, 2.05) is 31.2 Å². The van der Waals surface area contributed by atoms with Crippen LogP contribution in [0, 0.1) is 0 Å². The van der Waals surface area contributed by atoms with Crippen LogP contribution >= 0.6 is 0 Å². The molecule has 0 heterocycles. The van der Waals surface area contributed by atoms with Gasteiger partial charge >= 0.3 is 5.97 Å². The van der Waals surface area contributed by atoms with Gasteiger partial charge in [-0.3, -0.25) is 4.79 Å². The topological polar surface area (TPSA) is 75.6 Å². The fourth-order valence-corrected chi connectivity index (χ4v) is 2.61. The third kappa shape index (κ3) is 4.35. The van der Waals surface area contributed by atoms with E-state index >= 15 is 0 Å². The first-order chi connectivity index (χ1) is 11.5. The molecule has 1 amide bonds. The SMILES string of the molecule is COc1ccccc1C(C)NC(=O)CCc1ccccc1C(=O)O. The maximum absolute atomic E-state index is 12.2. The van der Waals surface area contributed by atoms with E-state index in [9.17, 15) is 9.59 Å². The summed E-state index contributed by atoms with van der Waals surface area (Å²) in [5.74, 6) is -0.386. The number of carbonyl (C=O) groups is 2. The van der Waals surface area contributed by atoms with E-state index in [0.29, 0.717) is 12.0 Å². The molecule has 2 N–H and O–H groups in total. The minimum absolute atomic E-state index is 0.131. The molecule has 0 bridgehead atoms. The smallest absolute Gasteiger partial charge is 0.335 e. The highest BCUT2D eigenvalue weighted by Crippen LogP contribution is 2.24. The number of hydrogen-bond donors (Lipinski definition) is 2. The van der Waals surface area contributed by atoms with Crippen molar-refractivity contribution in [2.75, 3.05) is 7.11 Å². The van der Waals surface area contributed by atoms with Crippen LogP contribution in [-0.4, -0.2) is 24.1 Å². The summed E-state index contributed by atoms with van der Waals surface area (Å²) in [6, 6.07) is 14.1. The Morgan fingerprint density at radius 3 is 2.50 bits per heavy atom. The molecule has 0 aliphatic carbocycles. The van der Waals surface area contributed by atoms with Gasteiger partial charge in [-0.2, -0.15) is 0 Å². The first-order valence-corrected chi connectivity index (χ1v) is 7.76. The zero-order valence-electron chi connectivity index (χ0n) is 13.8. The minimum atomic E-state index is -0.978. The van der Waals surface area contributed by atoms with Gasteiger partial charge in [0.15, 0.2) is 0 Å². The van der Waals surface area contributed by atoms with Crippen molar-refractivity contribution in [3.63, 3.8) is 0 Å². The Bertz CT molecular complexity index is 727. The molecule has 0 aromatic heterocycles. The van der Waals surface area contributed by atoms with Crippen LogP contribution in [0.3, 0.4) is 0 Å². The molecule has 0 radical (unpaired) electrons. The van der Waals surface area contributed by atoms with Gasteiger partial charge in [-0.05, 0) is 31.0 Å². The Morgan fingerprint density at radius 2 is 1.79 bits per heavy atom. The second-order valence-electron chi connectivity index (χ2n) is 5.49. The van der Waals surface area contributed by atoms with Gasteiger partial charge in [-0.15, -0.1) is 0 Å². The summed E-state index contributed by atoms with van der Waals surface area (Å²) in [4.78, 5) is 23.4. The van der Waals surface area contributed by atoms with E-state index < -0.39 is 5.97 Å². The molecule has 2 aromatic carbocycles. The lowest BCUT2D eigenvalue weighted by Gasteiger charge is -2.17. The highest BCUT2D eigenvalue weighted by Gasteiger charge is 2.15. The summed E-state index contributed by atoms with van der Waals surface area (Å²) in [6.45, 7) is 1.89. The van der Waals surface area contributed by atoms with Crippen molar-refractivity contribution < 1.29 is 19.4 Å². The quantitative estimate of drug-likeness (QED) is 0.819. The largest absolute Gasteiger partial charge is 0.496 e. The van der Waals surface area contributed by atoms with Gasteiger partial charge in [0, 0.05) is 12.0 Å². The van der Waals surface area contributed by atoms with E-state index in [0.717, 1.165) is 11.3 Å². The van der Waals surface area contributed by atoms with Crippen LogP contribution in [0.1, 0.15) is 40.9 Å². The maximum atomic E-state index is 12.2. The molecule has 1 unspecified atom stereocenters. The zero-order chi connectivity index (χ0) is 17.5. The van der Waals surface area contributed by atoms with Crippen LogP contribution in [0.15, 0.2) is 48.5 Å². The number of rotatable bonds is 7. The summed E-state index contributed by atoms with van der Waals surface area (Å²) in [6.07, 6.45) is 0.608. The first-order valence-electron chi connectivity index (χ1n) is 7.76. The predicted molar refractivity (Wildman–Crippen MR) is 91.3 cm³/mol. The van der Waals surface area contributed by atoms with Crippen LogP contribution in [0.2, 0.25) is 0 Å². The second kappa shape index (κ2) is 8.15. The Hall–Kier alpha value is -2.82. The average Bonchev–Trinajstić information content (AvgIpc) is 2.60. The number of benzene rings is 2. The molecule has 0 aliphatic rings. The van der Waals surface area contributed by atoms with Gasteiger partial charge in [0.1, 0.15) is 5.75 Å². The van der Waals surface area contributed by atoms with Crippen LogP contribution < -0.4 is 10.1 Å². The first kappa shape index (κ1) is 17.5. The standard InChI is InChI=1S/C19H21NO4/c1-13(15-8-5-6-10-17(15)24-2)20-18(21)12-11-14-7-3-4-9-16(14)19(22)23/h3-10,13H,11-12H2,1-2H3,(H,20,21)(H,22,23). The molecule has 0 fully saturated rings. The normalized spacial score (nSPS) is 11.6. The Morgan fingerprint density at radius 1 is 1.12 bits per heavy atom. The third-order valence-electron chi connectivity index (χ3n) is 3.85. The number of hydrogen-bond acceptors (Lipinski definition) is 3. The van der Waals surface area contributed by atoms with Crippen molar-refractivity contribution in [3.05, 3.63) is 65.2 Å². The Labute approximate surface area is 141 Å². The zero-order valence-corrected chi connectivity index (χ0v) is 13.8. The van der Waals surface area contributed by atoms with Crippen molar-refractivity contribution in [3.8, 4) is 5.75 Å². The predicted octanol–water partition coefficient (Wildman–Crippen LogP) is 3.20. The van der Waals surface area contributed by atoms with Crippen molar-refractivity contribution >= 4 is 11.9 Å². The summed E-state index contributed by atoms with van der Waals surface area (Å²) >= 11 is 0. The molecule has 5 heteroatoms. The fourth-order valence-electron chi connectivity index (χ4n) is 2.61. The maximum Gasteiger partial charge on any atom is 0.335 e. The number of para-hydroxylation sites is 1. The highest BCUT2D eigenvalue weighted by molar-refractivity contribution is 5.89. The molecule has 0 saturated carbocycles. The van der Waals surface area contributed by atoms with Crippen LogP contribution in [-0.2, 0) is 11.2 Å². The number of methoxy groups -OCH3 is 1. The van der Waals surface area contributed by atoms with E-state index in [1.165, 1.54) is 0 Å². The third-order valence-corrected chi connectivity index (χ3v) is 3.85. The van der Waals surface area contributed by atoms with E-state index in [2.05, 4.69) is 5.32 Å². The number of nitrogens with one attached hydrogen (secondary N) is 1. The molecule has 0 spiro atoms. The molecule has 2 rings (SSSR count). The van der Waals surface area contributed by atoms with E-state index in [1.54, 1.807) is 31.4 Å². The van der Waals surface area contributed by atoms with Crippen molar-refractivity contribution in [1.29, 1.82) is 0 Å². The van der Waals surface area contributed by atoms with Gasteiger partial charge < -0.3 is 15.2 Å². The summed E-state index contributed by atoms with van der Waals surface area (Å²) in [5, 5.41) is 12.1. The van der Waals surface area contributed by atoms with Crippen molar-refractivity contribution in [2.45, 2.75) is 25.8 Å². The van der Waals surface area contributed by atoms with Crippen LogP contribution in [0.5, 0.6) is 5.75 Å².